The number of nitrogens with zero attached hydrogens (tertiary/aromatic N) is 1. The number of carbonyl (C=O) groups excluding carboxylic acids is 1. The number of nitrogens with one attached hydrogen (secondary N) is 2. The van der Waals surface area contributed by atoms with Gasteiger partial charge in [-0.15, -0.1) is 0 Å². The summed E-state index contributed by atoms with van der Waals surface area (Å²) in [5.41, 5.74) is 2.75. The summed E-state index contributed by atoms with van der Waals surface area (Å²) in [5.74, 6) is 0.782. The van der Waals surface area contributed by atoms with E-state index in [2.05, 4.69) is 21.3 Å². The van der Waals surface area contributed by atoms with Crippen LogP contribution in [0.3, 0.4) is 0 Å². The minimum atomic E-state index is -0.484. The minimum absolute atomic E-state index is 0.0286. The summed E-state index contributed by atoms with van der Waals surface area (Å²) in [4.78, 5) is 29.2. The summed E-state index contributed by atoms with van der Waals surface area (Å²) in [6, 6.07) is 7.93. The molecule has 144 valence electrons. The first-order valence-electron chi connectivity index (χ1n) is 9.69. The van der Waals surface area contributed by atoms with Gasteiger partial charge in [-0.25, -0.2) is 0 Å². The molecule has 0 bridgehead atoms. The number of likely N-dealkylation sites (tertiary alicyclic amines) is 1. The van der Waals surface area contributed by atoms with Crippen molar-refractivity contribution in [1.82, 2.24) is 15.2 Å². The van der Waals surface area contributed by atoms with Crippen molar-refractivity contribution in [3.8, 4) is 0 Å². The van der Waals surface area contributed by atoms with Gasteiger partial charge in [-0.2, -0.15) is 0 Å². The number of carbonyl (C=O) groups is 1. The van der Waals surface area contributed by atoms with Gasteiger partial charge in [-0.1, -0.05) is 12.1 Å². The number of fused-ring (bicyclic) bond motifs is 2. The normalized spacial score (nSPS) is 28.3. The average molecular weight is 369 g/mol. The third kappa shape index (κ3) is 3.77. The predicted molar refractivity (Wildman–Crippen MR) is 104 cm³/mol. The van der Waals surface area contributed by atoms with E-state index in [4.69, 9.17) is 0 Å². The molecule has 4 rings (SSSR count). The van der Waals surface area contributed by atoms with Crippen molar-refractivity contribution < 1.29 is 9.90 Å². The lowest BCUT2D eigenvalue weighted by Crippen LogP contribution is -2.48. The van der Waals surface area contributed by atoms with Crippen molar-refractivity contribution in [2.24, 2.45) is 11.8 Å². The Bertz CT molecular complexity index is 923. The van der Waals surface area contributed by atoms with Gasteiger partial charge in [0.1, 0.15) is 0 Å². The van der Waals surface area contributed by atoms with Gasteiger partial charge in [0, 0.05) is 37.6 Å². The Morgan fingerprint density at radius 3 is 2.74 bits per heavy atom. The molecule has 3 N–H and O–H groups in total. The van der Waals surface area contributed by atoms with Crippen LogP contribution in [0.4, 0.5) is 0 Å². The standard InChI is InChI=1S/C21H27N3O3/c1-12-3-4-14-6-17(21(27)23-18(14)5-12)11-24-9-15-7-19(22-13(2)25)20(26)8-16(15)10-24/h3-6,15-16,19-20,26H,7-11H2,1-2H3,(H,22,25)(H,23,27)/t15-,16+,19-,20-/m1/s1. The first-order chi connectivity index (χ1) is 12.9. The summed E-state index contributed by atoms with van der Waals surface area (Å²) < 4.78 is 0. The van der Waals surface area contributed by atoms with E-state index in [1.165, 1.54) is 6.92 Å². The monoisotopic (exact) mass is 369 g/mol. The number of H-pyrrole nitrogens is 1. The fourth-order valence-corrected chi connectivity index (χ4v) is 4.79. The highest BCUT2D eigenvalue weighted by atomic mass is 16.3. The molecule has 1 aromatic carbocycles. The number of aryl methyl sites for hydroxylation is 1. The number of hydrogen-bond donors (Lipinski definition) is 3. The van der Waals surface area contributed by atoms with Gasteiger partial charge in [0.15, 0.2) is 0 Å². The molecule has 1 aliphatic heterocycles. The maximum atomic E-state index is 12.5. The Morgan fingerprint density at radius 1 is 1.26 bits per heavy atom. The van der Waals surface area contributed by atoms with Gasteiger partial charge in [0.2, 0.25) is 5.91 Å². The fourth-order valence-electron chi connectivity index (χ4n) is 4.79. The van der Waals surface area contributed by atoms with Crippen LogP contribution in [0.15, 0.2) is 29.1 Å². The first-order valence-corrected chi connectivity index (χ1v) is 9.69. The second-order valence-corrected chi connectivity index (χ2v) is 8.27. The van der Waals surface area contributed by atoms with Gasteiger partial charge in [-0.3, -0.25) is 14.5 Å². The van der Waals surface area contributed by atoms with Crippen molar-refractivity contribution in [2.45, 2.75) is 45.4 Å². The quantitative estimate of drug-likeness (QED) is 0.766. The van der Waals surface area contributed by atoms with Gasteiger partial charge in [0.05, 0.1) is 12.1 Å². The first kappa shape index (κ1) is 18.2. The Balaban J connectivity index is 1.48. The second kappa shape index (κ2) is 7.09. The van der Waals surface area contributed by atoms with E-state index in [1.807, 2.05) is 25.1 Å². The molecule has 0 unspecified atom stereocenters. The molecule has 1 saturated heterocycles. The van der Waals surface area contributed by atoms with Crippen molar-refractivity contribution in [3.63, 3.8) is 0 Å². The summed E-state index contributed by atoms with van der Waals surface area (Å²) in [7, 11) is 0. The van der Waals surface area contributed by atoms with Crippen molar-refractivity contribution in [3.05, 3.63) is 45.7 Å². The highest BCUT2D eigenvalue weighted by Crippen LogP contribution is 2.37. The smallest absolute Gasteiger partial charge is 0.252 e. The van der Waals surface area contributed by atoms with Crippen molar-refractivity contribution >= 4 is 16.8 Å². The molecule has 6 nitrogen and oxygen atoms in total. The van der Waals surface area contributed by atoms with Gasteiger partial charge in [0.25, 0.3) is 5.56 Å². The van der Waals surface area contributed by atoms with Crippen LogP contribution in [0.2, 0.25) is 0 Å². The summed E-state index contributed by atoms with van der Waals surface area (Å²) >= 11 is 0. The van der Waals surface area contributed by atoms with Crippen LogP contribution in [0.5, 0.6) is 0 Å². The van der Waals surface area contributed by atoms with E-state index in [9.17, 15) is 14.7 Å². The van der Waals surface area contributed by atoms with Crippen LogP contribution in [0.25, 0.3) is 10.9 Å². The SMILES string of the molecule is CC(=O)N[C@@H]1C[C@@H]2CN(Cc3cc4ccc(C)cc4[nH]c3=O)C[C@@H]2C[C@H]1O. The van der Waals surface area contributed by atoms with Crippen molar-refractivity contribution in [2.75, 3.05) is 13.1 Å². The van der Waals surface area contributed by atoms with Gasteiger partial charge in [-0.05, 0) is 54.7 Å². The number of pyridine rings is 1. The fraction of sp³-hybridized carbons (Fsp3) is 0.524. The van der Waals surface area contributed by atoms with Crippen LogP contribution < -0.4 is 10.9 Å². The Hall–Kier alpha value is -2.18. The van der Waals surface area contributed by atoms with E-state index < -0.39 is 6.10 Å². The lowest BCUT2D eigenvalue weighted by Gasteiger charge is -2.35. The molecule has 1 aliphatic carbocycles. The number of aromatic amines is 1. The molecule has 2 fully saturated rings. The lowest BCUT2D eigenvalue weighted by molar-refractivity contribution is -0.121. The molecule has 2 aliphatic rings. The maximum absolute atomic E-state index is 12.5. The molecular weight excluding hydrogens is 342 g/mol. The molecule has 1 saturated carbocycles. The average Bonchev–Trinajstić information content (AvgIpc) is 2.96. The van der Waals surface area contributed by atoms with Gasteiger partial charge >= 0.3 is 0 Å². The van der Waals surface area contributed by atoms with E-state index >= 15 is 0 Å². The highest BCUT2D eigenvalue weighted by Gasteiger charge is 2.41. The Morgan fingerprint density at radius 2 is 2.00 bits per heavy atom. The third-order valence-corrected chi connectivity index (χ3v) is 6.08. The molecule has 2 heterocycles. The minimum Gasteiger partial charge on any atom is -0.391 e. The zero-order valence-electron chi connectivity index (χ0n) is 15.9. The zero-order valence-corrected chi connectivity index (χ0v) is 15.9. The maximum Gasteiger partial charge on any atom is 0.252 e. The van der Waals surface area contributed by atoms with Crippen LogP contribution in [-0.4, -0.2) is 46.1 Å². The molecule has 2 aromatic rings. The van der Waals surface area contributed by atoms with Crippen LogP contribution >= 0.6 is 0 Å². The number of aromatic nitrogens is 1. The number of aliphatic hydroxyl groups is 1. The number of benzene rings is 1. The van der Waals surface area contributed by atoms with E-state index in [1.54, 1.807) is 0 Å². The largest absolute Gasteiger partial charge is 0.391 e. The van der Waals surface area contributed by atoms with Crippen molar-refractivity contribution in [1.29, 1.82) is 0 Å². The number of hydrogen-bond acceptors (Lipinski definition) is 4. The van der Waals surface area contributed by atoms with Gasteiger partial charge < -0.3 is 15.4 Å². The third-order valence-electron chi connectivity index (χ3n) is 6.08. The molecule has 27 heavy (non-hydrogen) atoms. The molecule has 0 radical (unpaired) electrons. The number of rotatable bonds is 3. The predicted octanol–water partition coefficient (Wildman–Crippen LogP) is 1.54. The Kier molecular flexibility index (Phi) is 4.78. The number of aliphatic hydroxyl groups excluding tert-OH is 1. The van der Waals surface area contributed by atoms with Crippen LogP contribution in [0.1, 0.15) is 30.9 Å². The number of amides is 1. The van der Waals surface area contributed by atoms with Crippen LogP contribution in [-0.2, 0) is 11.3 Å². The van der Waals surface area contributed by atoms with Crippen LogP contribution in [0, 0.1) is 18.8 Å². The molecular formula is C21H27N3O3. The highest BCUT2D eigenvalue weighted by molar-refractivity contribution is 5.79. The van der Waals surface area contributed by atoms with E-state index in [0.717, 1.165) is 41.5 Å². The summed E-state index contributed by atoms with van der Waals surface area (Å²) in [5, 5.41) is 14.3. The molecule has 6 heteroatoms. The summed E-state index contributed by atoms with van der Waals surface area (Å²) in [6.07, 6.45) is 1.02. The Labute approximate surface area is 158 Å². The van der Waals surface area contributed by atoms with E-state index in [0.29, 0.717) is 24.8 Å². The molecule has 4 atom stereocenters. The molecule has 0 spiro atoms. The van der Waals surface area contributed by atoms with E-state index in [-0.39, 0.29) is 17.5 Å². The lowest BCUT2D eigenvalue weighted by atomic mass is 9.77. The molecule has 1 aromatic heterocycles. The zero-order chi connectivity index (χ0) is 19.1. The topological polar surface area (TPSA) is 85.4 Å². The summed E-state index contributed by atoms with van der Waals surface area (Å²) in [6.45, 7) is 5.92. The molecule has 1 amide bonds. The second-order valence-electron chi connectivity index (χ2n) is 8.27.